The molecule has 1 heterocycles. The van der Waals surface area contributed by atoms with Gasteiger partial charge in [0.05, 0.1) is 10.7 Å². The van der Waals surface area contributed by atoms with Crippen LogP contribution in [0.4, 0.5) is 5.69 Å². The molecule has 21 heavy (non-hydrogen) atoms. The second-order valence-corrected chi connectivity index (χ2v) is 7.19. The van der Waals surface area contributed by atoms with Gasteiger partial charge >= 0.3 is 5.97 Å². The van der Waals surface area contributed by atoms with Crippen LogP contribution < -0.4 is 5.73 Å². The van der Waals surface area contributed by atoms with Crippen molar-refractivity contribution in [2.75, 3.05) is 5.73 Å². The molecule has 0 spiro atoms. The monoisotopic (exact) mass is 310 g/mol. The lowest BCUT2D eigenvalue weighted by molar-refractivity contribution is -0.0683. The molecular formula is C16H23ClN2O2. The Bertz CT molecular complexity index is 545. The fourth-order valence-electron chi connectivity index (χ4n) is 3.02. The summed E-state index contributed by atoms with van der Waals surface area (Å²) in [7, 11) is 0. The lowest BCUT2D eigenvalue weighted by Gasteiger charge is -2.44. The molecule has 116 valence electrons. The molecule has 0 aliphatic heterocycles. The van der Waals surface area contributed by atoms with Gasteiger partial charge < -0.3 is 10.5 Å². The van der Waals surface area contributed by atoms with Crippen LogP contribution in [0, 0.1) is 17.3 Å². The van der Waals surface area contributed by atoms with Gasteiger partial charge in [-0.1, -0.05) is 39.3 Å². The minimum absolute atomic E-state index is 0.0282. The number of nitrogens with two attached hydrogens (primary N) is 1. The molecule has 1 saturated carbocycles. The van der Waals surface area contributed by atoms with Crippen LogP contribution in [0.25, 0.3) is 0 Å². The second-order valence-electron chi connectivity index (χ2n) is 6.78. The first kappa shape index (κ1) is 16.1. The molecule has 1 aliphatic rings. The Kier molecular flexibility index (Phi) is 4.47. The van der Waals surface area contributed by atoms with Crippen LogP contribution in [0.1, 0.15) is 51.0 Å². The molecule has 1 aromatic heterocycles. The topological polar surface area (TPSA) is 65.2 Å². The number of halogens is 1. The summed E-state index contributed by atoms with van der Waals surface area (Å²) in [4.78, 5) is 16.3. The van der Waals surface area contributed by atoms with Crippen molar-refractivity contribution in [2.24, 2.45) is 17.3 Å². The molecule has 2 rings (SSSR count). The molecule has 0 aromatic carbocycles. The summed E-state index contributed by atoms with van der Waals surface area (Å²) in [6, 6.07) is 1.47. The summed E-state index contributed by atoms with van der Waals surface area (Å²) in [5.74, 6) is 0.429. The number of nitrogen functional groups attached to an aromatic ring is 1. The van der Waals surface area contributed by atoms with Crippen molar-refractivity contribution in [3.8, 4) is 0 Å². The third-order valence-electron chi connectivity index (χ3n) is 4.72. The van der Waals surface area contributed by atoms with E-state index in [9.17, 15) is 4.79 Å². The van der Waals surface area contributed by atoms with Gasteiger partial charge in [0, 0.05) is 11.6 Å². The number of esters is 1. The molecule has 0 saturated heterocycles. The Balaban J connectivity index is 2.18. The highest BCUT2D eigenvalue weighted by Gasteiger charge is 2.43. The van der Waals surface area contributed by atoms with Crippen LogP contribution in [0.5, 0.6) is 0 Å². The number of hydrogen-bond acceptors (Lipinski definition) is 4. The first-order valence-corrected chi connectivity index (χ1v) is 7.72. The number of aromatic nitrogens is 1. The van der Waals surface area contributed by atoms with Crippen LogP contribution in [-0.2, 0) is 4.74 Å². The van der Waals surface area contributed by atoms with Crippen molar-refractivity contribution in [1.82, 2.24) is 4.98 Å². The zero-order valence-corrected chi connectivity index (χ0v) is 13.8. The van der Waals surface area contributed by atoms with E-state index in [1.54, 1.807) is 0 Å². The number of rotatable bonds is 2. The molecule has 3 unspecified atom stereocenters. The van der Waals surface area contributed by atoms with Gasteiger partial charge in [-0.25, -0.2) is 9.78 Å². The molecule has 3 atom stereocenters. The largest absolute Gasteiger partial charge is 0.457 e. The third kappa shape index (κ3) is 3.31. The highest BCUT2D eigenvalue weighted by molar-refractivity contribution is 6.33. The van der Waals surface area contributed by atoms with Crippen molar-refractivity contribution in [3.05, 3.63) is 23.0 Å². The van der Waals surface area contributed by atoms with Crippen LogP contribution in [0.3, 0.4) is 0 Å². The lowest BCUT2D eigenvalue weighted by atomic mass is 9.66. The van der Waals surface area contributed by atoms with E-state index in [1.807, 2.05) is 0 Å². The van der Waals surface area contributed by atoms with E-state index in [0.29, 0.717) is 22.5 Å². The fourth-order valence-corrected chi connectivity index (χ4v) is 3.13. The maximum Gasteiger partial charge on any atom is 0.357 e. The fraction of sp³-hybridized carbons (Fsp3) is 0.625. The predicted molar refractivity (Wildman–Crippen MR) is 84.2 cm³/mol. The van der Waals surface area contributed by atoms with E-state index in [-0.39, 0.29) is 17.2 Å². The van der Waals surface area contributed by atoms with Gasteiger partial charge in [0.2, 0.25) is 0 Å². The Morgan fingerprint density at radius 1 is 1.48 bits per heavy atom. The smallest absolute Gasteiger partial charge is 0.357 e. The van der Waals surface area contributed by atoms with Gasteiger partial charge in [0.1, 0.15) is 6.10 Å². The normalized spacial score (nSPS) is 28.1. The minimum Gasteiger partial charge on any atom is -0.457 e. The van der Waals surface area contributed by atoms with E-state index in [2.05, 4.69) is 32.7 Å². The lowest BCUT2D eigenvalue weighted by Crippen LogP contribution is -2.45. The van der Waals surface area contributed by atoms with Gasteiger partial charge in [-0.3, -0.25) is 0 Å². The van der Waals surface area contributed by atoms with Gasteiger partial charge in [-0.2, -0.15) is 0 Å². The predicted octanol–water partition coefficient (Wildman–Crippen LogP) is 3.93. The quantitative estimate of drug-likeness (QED) is 0.840. The number of hydrogen-bond donors (Lipinski definition) is 1. The summed E-state index contributed by atoms with van der Waals surface area (Å²) in [5, 5.41) is 0.339. The van der Waals surface area contributed by atoms with Crippen LogP contribution >= 0.6 is 11.6 Å². The Morgan fingerprint density at radius 3 is 2.76 bits per heavy atom. The SMILES string of the molecule is CC1CCC(C)(C)C(OC(=O)c2cc(N)c(Cl)cn2)C1C. The number of anilines is 1. The van der Waals surface area contributed by atoms with Crippen molar-refractivity contribution >= 4 is 23.3 Å². The molecule has 1 fully saturated rings. The second kappa shape index (κ2) is 5.84. The zero-order chi connectivity index (χ0) is 15.8. The van der Waals surface area contributed by atoms with Crippen LogP contribution in [0.2, 0.25) is 5.02 Å². The zero-order valence-electron chi connectivity index (χ0n) is 13.0. The first-order chi connectivity index (χ1) is 9.72. The van der Waals surface area contributed by atoms with Crippen LogP contribution in [0.15, 0.2) is 12.3 Å². The highest BCUT2D eigenvalue weighted by Crippen LogP contribution is 2.43. The van der Waals surface area contributed by atoms with Crippen molar-refractivity contribution in [2.45, 2.75) is 46.6 Å². The van der Waals surface area contributed by atoms with Crippen molar-refractivity contribution in [3.63, 3.8) is 0 Å². The maximum atomic E-state index is 12.3. The van der Waals surface area contributed by atoms with Gasteiger partial charge in [0.25, 0.3) is 0 Å². The summed E-state index contributed by atoms with van der Waals surface area (Å²) < 4.78 is 5.77. The van der Waals surface area contributed by atoms with E-state index >= 15 is 0 Å². The van der Waals surface area contributed by atoms with Gasteiger partial charge in [-0.05, 0) is 30.7 Å². The molecule has 4 nitrogen and oxygen atoms in total. The Morgan fingerprint density at radius 2 is 2.14 bits per heavy atom. The van der Waals surface area contributed by atoms with E-state index in [4.69, 9.17) is 22.1 Å². The summed E-state index contributed by atoms with van der Waals surface area (Å²) >= 11 is 5.83. The van der Waals surface area contributed by atoms with E-state index < -0.39 is 5.97 Å². The third-order valence-corrected chi connectivity index (χ3v) is 5.03. The van der Waals surface area contributed by atoms with Gasteiger partial charge in [0.15, 0.2) is 5.69 Å². The molecule has 0 bridgehead atoms. The summed E-state index contributed by atoms with van der Waals surface area (Å²) in [5.41, 5.74) is 6.23. The van der Waals surface area contributed by atoms with Gasteiger partial charge in [-0.15, -0.1) is 0 Å². The van der Waals surface area contributed by atoms with E-state index in [0.717, 1.165) is 12.8 Å². The molecule has 0 radical (unpaired) electrons. The Hall–Kier alpha value is -1.29. The maximum absolute atomic E-state index is 12.3. The minimum atomic E-state index is -0.433. The molecule has 5 heteroatoms. The number of nitrogens with zero attached hydrogens (tertiary/aromatic N) is 1. The summed E-state index contributed by atoms with van der Waals surface area (Å²) in [6.07, 6.45) is 3.47. The number of ether oxygens (including phenoxy) is 1. The number of pyridine rings is 1. The van der Waals surface area contributed by atoms with Crippen molar-refractivity contribution in [1.29, 1.82) is 0 Å². The van der Waals surface area contributed by atoms with Crippen molar-refractivity contribution < 1.29 is 9.53 Å². The molecule has 2 N–H and O–H groups in total. The molecular weight excluding hydrogens is 288 g/mol. The average molecular weight is 311 g/mol. The standard InChI is InChI=1S/C16H23ClN2O2/c1-9-5-6-16(3,4)14(10(9)2)21-15(20)13-7-12(18)11(17)8-19-13/h7-10,14H,5-6H2,1-4H3,(H2,18,19). The number of carbonyl (C=O) groups is 1. The molecule has 0 amide bonds. The van der Waals surface area contributed by atoms with Crippen LogP contribution in [-0.4, -0.2) is 17.1 Å². The van der Waals surface area contributed by atoms with E-state index in [1.165, 1.54) is 12.3 Å². The molecule has 1 aromatic rings. The highest BCUT2D eigenvalue weighted by atomic mass is 35.5. The first-order valence-electron chi connectivity index (χ1n) is 7.34. The molecule has 1 aliphatic carbocycles. The average Bonchev–Trinajstić information content (AvgIpc) is 2.42. The Labute approximate surface area is 131 Å². The number of carbonyl (C=O) groups excluding carboxylic acids is 1. The summed E-state index contributed by atoms with van der Waals surface area (Å²) in [6.45, 7) is 8.65.